The Morgan fingerprint density at radius 1 is 1.04 bits per heavy atom. The zero-order valence-corrected chi connectivity index (χ0v) is 15.4. The summed E-state index contributed by atoms with van der Waals surface area (Å²) < 4.78 is 6.18. The fraction of sp³-hybridized carbons (Fsp3) is 0.105. The maximum atomic E-state index is 10.5. The number of ether oxygens (including phenoxy) is 1. The summed E-state index contributed by atoms with van der Waals surface area (Å²) in [5.74, 6) is 1.15. The predicted octanol–water partition coefficient (Wildman–Crippen LogP) is 5.64. The van der Waals surface area contributed by atoms with Crippen LogP contribution in [0.5, 0.6) is 11.5 Å². The van der Waals surface area contributed by atoms with Gasteiger partial charge in [0.2, 0.25) is 0 Å². The summed E-state index contributed by atoms with van der Waals surface area (Å²) in [6.45, 7) is 1.93. The van der Waals surface area contributed by atoms with Crippen molar-refractivity contribution >= 4 is 55.6 Å². The molecular weight excluding hydrogens is 356 g/mol. The SMILES string of the molecule is COc1ccc(Nc2nc3c(s2)c(C)c(O)c2ccccc23)cc1.Cl. The summed E-state index contributed by atoms with van der Waals surface area (Å²) in [6.07, 6.45) is 0. The average molecular weight is 373 g/mol. The van der Waals surface area contributed by atoms with Crippen LogP contribution >= 0.6 is 23.7 Å². The molecule has 25 heavy (non-hydrogen) atoms. The zero-order valence-electron chi connectivity index (χ0n) is 13.7. The summed E-state index contributed by atoms with van der Waals surface area (Å²) in [6, 6.07) is 15.5. The van der Waals surface area contributed by atoms with Crippen LogP contribution in [0.25, 0.3) is 21.0 Å². The third kappa shape index (κ3) is 2.97. The number of aromatic hydroxyl groups is 1. The van der Waals surface area contributed by atoms with Gasteiger partial charge in [-0.3, -0.25) is 0 Å². The first kappa shape index (κ1) is 17.3. The van der Waals surface area contributed by atoms with Gasteiger partial charge in [-0.25, -0.2) is 4.98 Å². The number of phenols is 1. The molecule has 0 saturated carbocycles. The molecule has 0 saturated heterocycles. The van der Waals surface area contributed by atoms with Gasteiger partial charge in [0.15, 0.2) is 5.13 Å². The number of rotatable bonds is 3. The Kier molecular flexibility index (Phi) is 4.70. The van der Waals surface area contributed by atoms with Crippen LogP contribution in [0.15, 0.2) is 48.5 Å². The molecule has 128 valence electrons. The largest absolute Gasteiger partial charge is 0.507 e. The Morgan fingerprint density at radius 2 is 1.72 bits per heavy atom. The van der Waals surface area contributed by atoms with E-state index in [1.54, 1.807) is 18.4 Å². The summed E-state index contributed by atoms with van der Waals surface area (Å²) in [7, 11) is 1.65. The van der Waals surface area contributed by atoms with Gasteiger partial charge in [0.05, 0.1) is 17.3 Å². The number of methoxy groups -OCH3 is 1. The lowest BCUT2D eigenvalue weighted by molar-refractivity contribution is 0.415. The van der Waals surface area contributed by atoms with Crippen molar-refractivity contribution in [1.29, 1.82) is 0 Å². The van der Waals surface area contributed by atoms with Gasteiger partial charge >= 0.3 is 0 Å². The third-order valence-electron chi connectivity index (χ3n) is 4.10. The lowest BCUT2D eigenvalue weighted by atomic mass is 10.0. The number of benzene rings is 3. The molecule has 0 aliphatic carbocycles. The number of hydrogen-bond acceptors (Lipinski definition) is 5. The highest BCUT2D eigenvalue weighted by atomic mass is 35.5. The van der Waals surface area contributed by atoms with Gasteiger partial charge in [-0.05, 0) is 31.2 Å². The Hall–Kier alpha value is -2.50. The fourth-order valence-electron chi connectivity index (χ4n) is 2.81. The van der Waals surface area contributed by atoms with E-state index in [1.165, 1.54) is 0 Å². The Balaban J connectivity index is 0.00000182. The molecule has 2 N–H and O–H groups in total. The van der Waals surface area contributed by atoms with Crippen LogP contribution in [-0.4, -0.2) is 17.2 Å². The van der Waals surface area contributed by atoms with Crippen molar-refractivity contribution in [2.75, 3.05) is 12.4 Å². The number of nitrogens with one attached hydrogen (secondary N) is 1. The maximum Gasteiger partial charge on any atom is 0.188 e. The first-order valence-corrected chi connectivity index (χ1v) is 8.41. The van der Waals surface area contributed by atoms with Gasteiger partial charge in [-0.2, -0.15) is 0 Å². The summed E-state index contributed by atoms with van der Waals surface area (Å²) >= 11 is 1.54. The number of anilines is 2. The second kappa shape index (κ2) is 6.78. The molecule has 0 bridgehead atoms. The van der Waals surface area contributed by atoms with Gasteiger partial charge < -0.3 is 15.2 Å². The number of phenolic OH excluding ortho intramolecular Hbond substituents is 1. The minimum absolute atomic E-state index is 0. The van der Waals surface area contributed by atoms with Crippen LogP contribution in [0.4, 0.5) is 10.8 Å². The van der Waals surface area contributed by atoms with Crippen molar-refractivity contribution in [2.24, 2.45) is 0 Å². The molecule has 3 aromatic carbocycles. The first-order valence-electron chi connectivity index (χ1n) is 7.59. The Bertz CT molecular complexity index is 1040. The van der Waals surface area contributed by atoms with Crippen LogP contribution in [0.3, 0.4) is 0 Å². The van der Waals surface area contributed by atoms with Crippen molar-refractivity contribution in [2.45, 2.75) is 6.92 Å². The molecule has 1 aromatic heterocycles. The maximum absolute atomic E-state index is 10.5. The Labute approximate surface area is 155 Å². The van der Waals surface area contributed by atoms with Crippen LogP contribution in [-0.2, 0) is 0 Å². The van der Waals surface area contributed by atoms with E-state index >= 15 is 0 Å². The van der Waals surface area contributed by atoms with Crippen LogP contribution < -0.4 is 10.1 Å². The summed E-state index contributed by atoms with van der Waals surface area (Å²) in [5.41, 5.74) is 2.73. The highest BCUT2D eigenvalue weighted by molar-refractivity contribution is 7.22. The van der Waals surface area contributed by atoms with Crippen molar-refractivity contribution in [3.05, 3.63) is 54.1 Å². The highest BCUT2D eigenvalue weighted by Crippen LogP contribution is 2.41. The predicted molar refractivity (Wildman–Crippen MR) is 107 cm³/mol. The monoisotopic (exact) mass is 372 g/mol. The molecule has 4 aromatic rings. The number of thiazole rings is 1. The van der Waals surface area contributed by atoms with E-state index in [4.69, 9.17) is 9.72 Å². The normalized spacial score (nSPS) is 10.6. The smallest absolute Gasteiger partial charge is 0.188 e. The minimum Gasteiger partial charge on any atom is -0.507 e. The third-order valence-corrected chi connectivity index (χ3v) is 5.19. The second-order valence-electron chi connectivity index (χ2n) is 5.57. The number of nitrogens with zero attached hydrogens (tertiary/aromatic N) is 1. The molecule has 4 rings (SSSR count). The van der Waals surface area contributed by atoms with E-state index in [0.29, 0.717) is 5.75 Å². The molecule has 1 heterocycles. The van der Waals surface area contributed by atoms with Crippen molar-refractivity contribution in [1.82, 2.24) is 4.98 Å². The van der Waals surface area contributed by atoms with Crippen molar-refractivity contribution < 1.29 is 9.84 Å². The summed E-state index contributed by atoms with van der Waals surface area (Å²) in [4.78, 5) is 4.75. The van der Waals surface area contributed by atoms with Crippen LogP contribution in [0.1, 0.15) is 5.56 Å². The van der Waals surface area contributed by atoms with Crippen LogP contribution in [0.2, 0.25) is 0 Å². The molecule has 0 amide bonds. The number of halogens is 1. The lowest BCUT2D eigenvalue weighted by Crippen LogP contribution is -1.89. The minimum atomic E-state index is 0. The second-order valence-corrected chi connectivity index (χ2v) is 6.57. The average Bonchev–Trinajstić information content (AvgIpc) is 3.04. The summed E-state index contributed by atoms with van der Waals surface area (Å²) in [5, 5.41) is 16.4. The van der Waals surface area contributed by atoms with E-state index < -0.39 is 0 Å². The van der Waals surface area contributed by atoms with E-state index in [1.807, 2.05) is 55.5 Å². The molecule has 0 aliphatic rings. The molecule has 0 spiro atoms. The molecule has 6 heteroatoms. The molecule has 4 nitrogen and oxygen atoms in total. The van der Waals surface area contributed by atoms with E-state index in [-0.39, 0.29) is 12.4 Å². The molecular formula is C19H17ClN2O2S. The molecule has 0 atom stereocenters. The van der Waals surface area contributed by atoms with E-state index in [0.717, 1.165) is 43.1 Å². The first-order chi connectivity index (χ1) is 11.7. The van der Waals surface area contributed by atoms with Crippen molar-refractivity contribution in [3.63, 3.8) is 0 Å². The van der Waals surface area contributed by atoms with Gasteiger partial charge in [-0.1, -0.05) is 35.6 Å². The molecule has 0 unspecified atom stereocenters. The fourth-order valence-corrected chi connectivity index (χ4v) is 3.81. The number of aromatic nitrogens is 1. The topological polar surface area (TPSA) is 54.4 Å². The van der Waals surface area contributed by atoms with Gasteiger partial charge in [0, 0.05) is 22.0 Å². The number of fused-ring (bicyclic) bond motifs is 3. The molecule has 0 fully saturated rings. The van der Waals surface area contributed by atoms with Gasteiger partial charge in [0.1, 0.15) is 11.5 Å². The van der Waals surface area contributed by atoms with Gasteiger partial charge in [-0.15, -0.1) is 12.4 Å². The number of hydrogen-bond donors (Lipinski definition) is 2. The standard InChI is InChI=1S/C19H16N2O2S.ClH/c1-11-17(22)15-6-4-3-5-14(15)16-18(11)24-19(21-16)20-12-7-9-13(23-2)10-8-12;/h3-10,22H,1-2H3,(H,20,21);1H. The lowest BCUT2D eigenvalue weighted by Gasteiger charge is -2.05. The van der Waals surface area contributed by atoms with E-state index in [9.17, 15) is 5.11 Å². The molecule has 0 aliphatic heterocycles. The molecule has 0 radical (unpaired) electrons. The van der Waals surface area contributed by atoms with Crippen LogP contribution in [0, 0.1) is 6.92 Å². The Morgan fingerprint density at radius 3 is 2.40 bits per heavy atom. The van der Waals surface area contributed by atoms with Crippen molar-refractivity contribution in [3.8, 4) is 11.5 Å². The zero-order chi connectivity index (χ0) is 16.7. The number of aryl methyl sites for hydroxylation is 1. The highest BCUT2D eigenvalue weighted by Gasteiger charge is 2.15. The van der Waals surface area contributed by atoms with Gasteiger partial charge in [0.25, 0.3) is 0 Å². The quantitative estimate of drug-likeness (QED) is 0.488. The van der Waals surface area contributed by atoms with E-state index in [2.05, 4.69) is 5.32 Å².